The van der Waals surface area contributed by atoms with Gasteiger partial charge in [-0.05, 0) is 83.8 Å². The molecule has 0 radical (unpaired) electrons. The lowest BCUT2D eigenvalue weighted by molar-refractivity contribution is 0.262. The summed E-state index contributed by atoms with van der Waals surface area (Å²) in [5.41, 5.74) is 12.4. The molecule has 2 nitrogen and oxygen atoms in total. The average Bonchev–Trinajstić information content (AvgIpc) is 3.64. The highest BCUT2D eigenvalue weighted by Gasteiger charge is 2.25. The monoisotopic (exact) mass is 434 g/mol. The van der Waals surface area contributed by atoms with E-state index in [1.165, 1.54) is 50.1 Å². The molecule has 1 aliphatic rings. The van der Waals surface area contributed by atoms with Crippen molar-refractivity contribution in [3.05, 3.63) is 101 Å². The third-order valence-electron chi connectivity index (χ3n) is 6.50. The van der Waals surface area contributed by atoms with Crippen LogP contribution in [0.1, 0.15) is 22.3 Å². The molecule has 1 fully saturated rings. The number of rotatable bonds is 6. The summed E-state index contributed by atoms with van der Waals surface area (Å²) in [6.45, 7) is 10.2. The quantitative estimate of drug-likeness (QED) is 0.290. The van der Waals surface area contributed by atoms with E-state index in [9.17, 15) is 0 Å². The Morgan fingerprint density at radius 2 is 1.21 bits per heavy atom. The first-order valence-electron chi connectivity index (χ1n) is 11.6. The highest BCUT2D eigenvalue weighted by Crippen LogP contribution is 2.43. The minimum atomic E-state index is 0.211. The first-order valence-corrected chi connectivity index (χ1v) is 11.6. The molecular formula is C31H30O2. The fourth-order valence-electron chi connectivity index (χ4n) is 4.93. The summed E-state index contributed by atoms with van der Waals surface area (Å²) < 4.78 is 11.9. The van der Waals surface area contributed by atoms with Crippen molar-refractivity contribution in [3.63, 3.8) is 0 Å². The maximum Gasteiger partial charge on any atom is 0.130 e. The van der Waals surface area contributed by atoms with Crippen LogP contribution in [0.5, 0.6) is 5.75 Å². The lowest BCUT2D eigenvalue weighted by atomic mass is 9.87. The highest BCUT2D eigenvalue weighted by molar-refractivity contribution is 5.84. The summed E-state index contributed by atoms with van der Waals surface area (Å²) in [7, 11) is 0. The second kappa shape index (κ2) is 8.88. The molecule has 1 saturated heterocycles. The van der Waals surface area contributed by atoms with Crippen molar-refractivity contribution in [2.75, 3.05) is 13.2 Å². The second-order valence-corrected chi connectivity index (χ2v) is 9.05. The lowest BCUT2D eigenvalue weighted by Crippen LogP contribution is -2.07. The van der Waals surface area contributed by atoms with E-state index in [4.69, 9.17) is 9.47 Å². The van der Waals surface area contributed by atoms with Crippen LogP contribution in [0.2, 0.25) is 0 Å². The van der Waals surface area contributed by atoms with Crippen LogP contribution in [0.15, 0.2) is 78.9 Å². The Hall–Kier alpha value is -3.36. The van der Waals surface area contributed by atoms with Crippen molar-refractivity contribution >= 4 is 0 Å². The van der Waals surface area contributed by atoms with Gasteiger partial charge in [0.15, 0.2) is 0 Å². The fourth-order valence-corrected chi connectivity index (χ4v) is 4.93. The molecule has 1 unspecified atom stereocenters. The predicted molar refractivity (Wildman–Crippen MR) is 137 cm³/mol. The minimum Gasteiger partial charge on any atom is -0.490 e. The Morgan fingerprint density at radius 1 is 0.697 bits per heavy atom. The van der Waals surface area contributed by atoms with Gasteiger partial charge in [0, 0.05) is 5.56 Å². The van der Waals surface area contributed by atoms with E-state index in [0.717, 1.165) is 17.9 Å². The molecule has 0 saturated carbocycles. The topological polar surface area (TPSA) is 21.8 Å². The van der Waals surface area contributed by atoms with Gasteiger partial charge >= 0.3 is 0 Å². The molecule has 33 heavy (non-hydrogen) atoms. The van der Waals surface area contributed by atoms with Gasteiger partial charge in [0.1, 0.15) is 18.5 Å². The van der Waals surface area contributed by atoms with E-state index in [-0.39, 0.29) is 6.10 Å². The van der Waals surface area contributed by atoms with E-state index in [2.05, 4.69) is 107 Å². The molecule has 2 heteroatoms. The van der Waals surface area contributed by atoms with Crippen LogP contribution in [0.3, 0.4) is 0 Å². The Bertz CT molecular complexity index is 1260. The van der Waals surface area contributed by atoms with Crippen LogP contribution in [0.4, 0.5) is 0 Å². The van der Waals surface area contributed by atoms with Gasteiger partial charge in [-0.25, -0.2) is 0 Å². The standard InChI is InChI=1S/C31H30O2/c1-20-15-26(16-21(2)29(20)24-11-7-5-8-12-24)28-17-22(3)30(25-13-9-6-10-14-25)23(4)31(28)33-19-27-18-32-27/h5-17,27H,18-19H2,1-4H3. The summed E-state index contributed by atoms with van der Waals surface area (Å²) in [4.78, 5) is 0. The summed E-state index contributed by atoms with van der Waals surface area (Å²) in [6, 6.07) is 28.1. The molecule has 0 bridgehead atoms. The third-order valence-corrected chi connectivity index (χ3v) is 6.50. The smallest absolute Gasteiger partial charge is 0.130 e. The van der Waals surface area contributed by atoms with Crippen molar-refractivity contribution in [2.24, 2.45) is 0 Å². The molecule has 4 aromatic rings. The molecule has 166 valence electrons. The third kappa shape index (κ3) is 4.31. The summed E-state index contributed by atoms with van der Waals surface area (Å²) >= 11 is 0. The van der Waals surface area contributed by atoms with Crippen LogP contribution >= 0.6 is 0 Å². The number of ether oxygens (including phenoxy) is 2. The van der Waals surface area contributed by atoms with Crippen molar-refractivity contribution in [2.45, 2.75) is 33.8 Å². The zero-order chi connectivity index (χ0) is 22.9. The lowest BCUT2D eigenvalue weighted by Gasteiger charge is -2.21. The van der Waals surface area contributed by atoms with Gasteiger partial charge in [0.2, 0.25) is 0 Å². The van der Waals surface area contributed by atoms with Gasteiger partial charge in [-0.2, -0.15) is 0 Å². The SMILES string of the molecule is Cc1cc(-c2cc(C)c(-c3ccccc3)c(C)c2OCC2CO2)cc(C)c1-c1ccccc1. The van der Waals surface area contributed by atoms with E-state index in [1.54, 1.807) is 0 Å². The molecule has 1 aliphatic heterocycles. The zero-order valence-electron chi connectivity index (χ0n) is 19.8. The average molecular weight is 435 g/mol. The summed E-state index contributed by atoms with van der Waals surface area (Å²) in [5.74, 6) is 0.959. The van der Waals surface area contributed by atoms with Crippen LogP contribution in [0, 0.1) is 27.7 Å². The maximum atomic E-state index is 6.43. The molecular weight excluding hydrogens is 404 g/mol. The van der Waals surface area contributed by atoms with Gasteiger partial charge in [0.05, 0.1) is 6.61 Å². The van der Waals surface area contributed by atoms with Gasteiger partial charge in [0.25, 0.3) is 0 Å². The number of hydrogen-bond acceptors (Lipinski definition) is 2. The molecule has 4 aromatic carbocycles. The zero-order valence-corrected chi connectivity index (χ0v) is 19.8. The van der Waals surface area contributed by atoms with E-state index in [0.29, 0.717) is 6.61 Å². The van der Waals surface area contributed by atoms with Crippen molar-refractivity contribution in [1.29, 1.82) is 0 Å². The number of epoxide rings is 1. The van der Waals surface area contributed by atoms with Gasteiger partial charge in [-0.3, -0.25) is 0 Å². The summed E-state index contributed by atoms with van der Waals surface area (Å²) in [6.07, 6.45) is 0.211. The molecule has 5 rings (SSSR count). The summed E-state index contributed by atoms with van der Waals surface area (Å²) in [5, 5.41) is 0. The molecule has 0 aromatic heterocycles. The Labute approximate surface area is 196 Å². The van der Waals surface area contributed by atoms with Gasteiger partial charge in [-0.15, -0.1) is 0 Å². The van der Waals surface area contributed by atoms with Crippen molar-refractivity contribution in [1.82, 2.24) is 0 Å². The molecule has 1 atom stereocenters. The Balaban J connectivity index is 1.66. The Morgan fingerprint density at radius 3 is 1.76 bits per heavy atom. The largest absolute Gasteiger partial charge is 0.490 e. The van der Waals surface area contributed by atoms with Crippen LogP contribution < -0.4 is 4.74 Å². The molecule has 0 aliphatic carbocycles. The maximum absolute atomic E-state index is 6.43. The first-order chi connectivity index (χ1) is 16.0. The molecule has 1 heterocycles. The molecule has 0 N–H and O–H groups in total. The van der Waals surface area contributed by atoms with Gasteiger partial charge in [-0.1, -0.05) is 72.8 Å². The second-order valence-electron chi connectivity index (χ2n) is 9.05. The fraction of sp³-hybridized carbons (Fsp3) is 0.226. The van der Waals surface area contributed by atoms with E-state index < -0.39 is 0 Å². The minimum absolute atomic E-state index is 0.211. The number of benzene rings is 4. The van der Waals surface area contributed by atoms with E-state index in [1.807, 2.05) is 0 Å². The van der Waals surface area contributed by atoms with E-state index >= 15 is 0 Å². The predicted octanol–water partition coefficient (Wildman–Crippen LogP) is 7.70. The van der Waals surface area contributed by atoms with Crippen LogP contribution in [0.25, 0.3) is 33.4 Å². The molecule has 0 amide bonds. The Kier molecular flexibility index (Phi) is 5.78. The molecule has 0 spiro atoms. The first kappa shape index (κ1) is 21.5. The number of hydrogen-bond donors (Lipinski definition) is 0. The highest BCUT2D eigenvalue weighted by atomic mass is 16.6. The number of aryl methyl sites for hydroxylation is 3. The van der Waals surface area contributed by atoms with Gasteiger partial charge < -0.3 is 9.47 Å². The normalized spacial score (nSPS) is 14.8. The van der Waals surface area contributed by atoms with Crippen LogP contribution in [-0.2, 0) is 4.74 Å². The van der Waals surface area contributed by atoms with Crippen molar-refractivity contribution in [3.8, 4) is 39.1 Å². The van der Waals surface area contributed by atoms with Crippen molar-refractivity contribution < 1.29 is 9.47 Å². The van der Waals surface area contributed by atoms with Crippen LogP contribution in [-0.4, -0.2) is 19.3 Å².